The van der Waals surface area contributed by atoms with Crippen LogP contribution in [0.3, 0.4) is 0 Å². The number of halogens is 1. The number of anilines is 1. The lowest BCUT2D eigenvalue weighted by Crippen LogP contribution is -2.13. The molecule has 0 saturated carbocycles. The lowest BCUT2D eigenvalue weighted by molar-refractivity contribution is -0.112. The molecule has 4 nitrogen and oxygen atoms in total. The number of hydrogen-bond acceptors (Lipinski definition) is 3. The van der Waals surface area contributed by atoms with Gasteiger partial charge in [0.2, 0.25) is 0 Å². The fourth-order valence-corrected chi connectivity index (χ4v) is 2.10. The SMILES string of the molecule is COc1ccc(C=C(C#N)C(=O)Nc2ccc(Cl)cc2)c(C)c1. The number of aryl methyl sites for hydroxylation is 1. The largest absolute Gasteiger partial charge is 0.497 e. The minimum Gasteiger partial charge on any atom is -0.497 e. The Bertz CT molecular complexity index is 790. The van der Waals surface area contributed by atoms with Gasteiger partial charge in [-0.05, 0) is 60.5 Å². The molecule has 2 rings (SSSR count). The van der Waals surface area contributed by atoms with Crippen LogP contribution in [0.2, 0.25) is 5.02 Å². The third-order valence-corrected chi connectivity index (χ3v) is 3.50. The number of amides is 1. The maximum Gasteiger partial charge on any atom is 0.266 e. The Morgan fingerprint density at radius 1 is 1.26 bits per heavy atom. The van der Waals surface area contributed by atoms with Gasteiger partial charge in [-0.15, -0.1) is 0 Å². The van der Waals surface area contributed by atoms with E-state index in [0.717, 1.165) is 16.9 Å². The molecule has 1 N–H and O–H groups in total. The van der Waals surface area contributed by atoms with E-state index in [9.17, 15) is 10.1 Å². The van der Waals surface area contributed by atoms with Crippen molar-refractivity contribution in [2.24, 2.45) is 0 Å². The summed E-state index contributed by atoms with van der Waals surface area (Å²) in [4.78, 5) is 12.2. The van der Waals surface area contributed by atoms with E-state index in [2.05, 4.69) is 5.32 Å². The lowest BCUT2D eigenvalue weighted by atomic mass is 10.1. The molecule has 0 unspecified atom stereocenters. The van der Waals surface area contributed by atoms with Gasteiger partial charge < -0.3 is 10.1 Å². The number of carbonyl (C=O) groups is 1. The minimum absolute atomic E-state index is 0.0215. The standard InChI is InChI=1S/C18H15ClN2O2/c1-12-9-17(23-2)8-3-13(12)10-14(11-20)18(22)21-16-6-4-15(19)5-7-16/h3-10H,1-2H3,(H,21,22). The Kier molecular flexibility index (Phi) is 5.40. The highest BCUT2D eigenvalue weighted by atomic mass is 35.5. The maximum absolute atomic E-state index is 12.2. The van der Waals surface area contributed by atoms with Crippen LogP contribution in [0.25, 0.3) is 6.08 Å². The third-order valence-electron chi connectivity index (χ3n) is 3.24. The summed E-state index contributed by atoms with van der Waals surface area (Å²) in [5.41, 5.74) is 2.30. The molecule has 1 amide bonds. The van der Waals surface area contributed by atoms with Crippen LogP contribution in [-0.4, -0.2) is 13.0 Å². The molecule has 0 bridgehead atoms. The second kappa shape index (κ2) is 7.48. The number of rotatable bonds is 4. The van der Waals surface area contributed by atoms with Crippen LogP contribution in [0.5, 0.6) is 5.75 Å². The predicted octanol–water partition coefficient (Wildman–Crippen LogP) is 4.20. The van der Waals surface area contributed by atoms with Gasteiger partial charge in [0.25, 0.3) is 5.91 Å². The average molecular weight is 327 g/mol. The molecular weight excluding hydrogens is 312 g/mol. The minimum atomic E-state index is -0.468. The van der Waals surface area contributed by atoms with Gasteiger partial charge in [0.15, 0.2) is 0 Å². The summed E-state index contributed by atoms with van der Waals surface area (Å²) in [6, 6.07) is 14.0. The van der Waals surface area contributed by atoms with E-state index in [0.29, 0.717) is 10.7 Å². The summed E-state index contributed by atoms with van der Waals surface area (Å²) in [5, 5.41) is 12.5. The fraction of sp³-hybridized carbons (Fsp3) is 0.111. The first-order valence-corrected chi connectivity index (χ1v) is 7.24. The van der Waals surface area contributed by atoms with Crippen LogP contribution in [0, 0.1) is 18.3 Å². The zero-order chi connectivity index (χ0) is 16.8. The molecule has 0 atom stereocenters. The highest BCUT2D eigenvalue weighted by molar-refractivity contribution is 6.30. The van der Waals surface area contributed by atoms with E-state index >= 15 is 0 Å². The Labute approximate surface area is 140 Å². The summed E-state index contributed by atoms with van der Waals surface area (Å²) in [6.07, 6.45) is 1.56. The topological polar surface area (TPSA) is 62.1 Å². The lowest BCUT2D eigenvalue weighted by Gasteiger charge is -2.06. The summed E-state index contributed by atoms with van der Waals surface area (Å²) >= 11 is 5.80. The van der Waals surface area contributed by atoms with Crippen molar-refractivity contribution in [1.29, 1.82) is 5.26 Å². The number of hydrogen-bond donors (Lipinski definition) is 1. The zero-order valence-electron chi connectivity index (χ0n) is 12.8. The molecular formula is C18H15ClN2O2. The first kappa shape index (κ1) is 16.6. The Morgan fingerprint density at radius 3 is 2.52 bits per heavy atom. The van der Waals surface area contributed by atoms with Gasteiger partial charge in [0.05, 0.1) is 7.11 Å². The number of methoxy groups -OCH3 is 1. The Morgan fingerprint density at radius 2 is 1.96 bits per heavy atom. The maximum atomic E-state index is 12.2. The van der Waals surface area contributed by atoms with Gasteiger partial charge in [0.1, 0.15) is 17.4 Å². The summed E-state index contributed by atoms with van der Waals surface area (Å²) in [5.74, 6) is 0.258. The molecule has 0 aliphatic carbocycles. The first-order chi connectivity index (χ1) is 11.0. The van der Waals surface area contributed by atoms with Crippen molar-refractivity contribution in [2.45, 2.75) is 6.92 Å². The monoisotopic (exact) mass is 326 g/mol. The number of carbonyl (C=O) groups excluding carboxylic acids is 1. The van der Waals surface area contributed by atoms with Gasteiger partial charge in [0, 0.05) is 10.7 Å². The van der Waals surface area contributed by atoms with Crippen molar-refractivity contribution < 1.29 is 9.53 Å². The van der Waals surface area contributed by atoms with Crippen LogP contribution < -0.4 is 10.1 Å². The van der Waals surface area contributed by atoms with Gasteiger partial charge in [-0.1, -0.05) is 17.7 Å². The van der Waals surface area contributed by atoms with E-state index < -0.39 is 5.91 Å². The number of benzene rings is 2. The number of ether oxygens (including phenoxy) is 1. The molecule has 0 spiro atoms. The first-order valence-electron chi connectivity index (χ1n) is 6.87. The average Bonchev–Trinajstić information content (AvgIpc) is 2.55. The van der Waals surface area contributed by atoms with Crippen molar-refractivity contribution in [1.82, 2.24) is 0 Å². The molecule has 0 fully saturated rings. The number of nitrogens with zero attached hydrogens (tertiary/aromatic N) is 1. The summed E-state index contributed by atoms with van der Waals surface area (Å²) < 4.78 is 5.14. The molecule has 2 aromatic rings. The van der Waals surface area contributed by atoms with Crippen LogP contribution in [0.1, 0.15) is 11.1 Å². The Balaban J connectivity index is 2.23. The van der Waals surface area contributed by atoms with Crippen LogP contribution in [-0.2, 0) is 4.79 Å². The number of nitriles is 1. The second-order valence-corrected chi connectivity index (χ2v) is 5.29. The van der Waals surface area contributed by atoms with Crippen molar-refractivity contribution in [3.05, 3.63) is 64.2 Å². The highest BCUT2D eigenvalue weighted by Gasteiger charge is 2.10. The van der Waals surface area contributed by atoms with Gasteiger partial charge >= 0.3 is 0 Å². The van der Waals surface area contributed by atoms with Crippen molar-refractivity contribution >= 4 is 29.3 Å². The molecule has 2 aromatic carbocycles. The molecule has 5 heteroatoms. The van der Waals surface area contributed by atoms with Crippen LogP contribution >= 0.6 is 11.6 Å². The number of nitrogens with one attached hydrogen (secondary N) is 1. The Hall–Kier alpha value is -2.77. The fourth-order valence-electron chi connectivity index (χ4n) is 1.97. The molecule has 0 aliphatic heterocycles. The molecule has 116 valence electrons. The summed E-state index contributed by atoms with van der Waals surface area (Å²) in [6.45, 7) is 1.89. The summed E-state index contributed by atoms with van der Waals surface area (Å²) in [7, 11) is 1.59. The van der Waals surface area contributed by atoms with Crippen LogP contribution in [0.4, 0.5) is 5.69 Å². The molecule has 0 heterocycles. The molecule has 0 saturated heterocycles. The van der Waals surface area contributed by atoms with Gasteiger partial charge in [-0.2, -0.15) is 5.26 Å². The van der Waals surface area contributed by atoms with Crippen LogP contribution in [0.15, 0.2) is 48.0 Å². The second-order valence-electron chi connectivity index (χ2n) is 4.85. The van der Waals surface area contributed by atoms with Crippen molar-refractivity contribution in [3.8, 4) is 11.8 Å². The van der Waals surface area contributed by atoms with E-state index in [1.165, 1.54) is 0 Å². The molecule has 23 heavy (non-hydrogen) atoms. The quantitative estimate of drug-likeness (QED) is 0.676. The van der Waals surface area contributed by atoms with E-state index in [1.54, 1.807) is 49.6 Å². The molecule has 0 radical (unpaired) electrons. The van der Waals surface area contributed by atoms with Crippen molar-refractivity contribution in [3.63, 3.8) is 0 Å². The third kappa shape index (κ3) is 4.35. The van der Waals surface area contributed by atoms with Crippen molar-refractivity contribution in [2.75, 3.05) is 12.4 Å². The highest BCUT2D eigenvalue weighted by Crippen LogP contribution is 2.20. The molecule has 0 aliphatic rings. The van der Waals surface area contributed by atoms with E-state index in [4.69, 9.17) is 16.3 Å². The van der Waals surface area contributed by atoms with E-state index in [-0.39, 0.29) is 5.57 Å². The normalized spacial score (nSPS) is 10.8. The van der Waals surface area contributed by atoms with Gasteiger partial charge in [-0.3, -0.25) is 4.79 Å². The smallest absolute Gasteiger partial charge is 0.266 e. The van der Waals surface area contributed by atoms with Gasteiger partial charge in [-0.25, -0.2) is 0 Å². The predicted molar refractivity (Wildman–Crippen MR) is 91.4 cm³/mol. The zero-order valence-corrected chi connectivity index (χ0v) is 13.5. The van der Waals surface area contributed by atoms with E-state index in [1.807, 2.05) is 19.1 Å². The molecule has 0 aromatic heterocycles.